The Labute approximate surface area is 132 Å². The number of rotatable bonds is 2. The normalized spacial score (nSPS) is 15.7. The molecule has 1 N–H and O–H groups in total. The standard InChI is InChI=1S/C15H16ClN3O3/c16-11-9-12(17-10-11)14(20)18-4-2-5-19(7-6-18)15(21)13-3-1-8-22-13/h1,3,8-10,17H,2,4-7H2. The van der Waals surface area contributed by atoms with E-state index in [1.54, 1.807) is 34.2 Å². The Morgan fingerprint density at radius 2 is 1.86 bits per heavy atom. The molecule has 0 spiro atoms. The molecule has 0 saturated carbocycles. The molecular formula is C15H16ClN3O3. The maximum atomic E-state index is 12.4. The highest BCUT2D eigenvalue weighted by atomic mass is 35.5. The van der Waals surface area contributed by atoms with Crippen molar-refractivity contribution in [2.75, 3.05) is 26.2 Å². The van der Waals surface area contributed by atoms with Gasteiger partial charge in [-0.1, -0.05) is 11.6 Å². The molecule has 22 heavy (non-hydrogen) atoms. The molecule has 0 atom stereocenters. The molecule has 2 amide bonds. The van der Waals surface area contributed by atoms with Crippen LogP contribution in [0, 0.1) is 0 Å². The Balaban J connectivity index is 1.65. The molecule has 0 radical (unpaired) electrons. The highest BCUT2D eigenvalue weighted by Gasteiger charge is 2.25. The second-order valence-electron chi connectivity index (χ2n) is 5.15. The zero-order valence-corrected chi connectivity index (χ0v) is 12.7. The van der Waals surface area contributed by atoms with Gasteiger partial charge in [-0.05, 0) is 24.6 Å². The summed E-state index contributed by atoms with van der Waals surface area (Å²) >= 11 is 5.83. The summed E-state index contributed by atoms with van der Waals surface area (Å²) in [6.07, 6.45) is 3.79. The number of aromatic nitrogens is 1. The van der Waals surface area contributed by atoms with E-state index in [1.165, 1.54) is 6.26 Å². The zero-order valence-electron chi connectivity index (χ0n) is 11.9. The average Bonchev–Trinajstić information content (AvgIpc) is 3.13. The number of hydrogen-bond acceptors (Lipinski definition) is 3. The summed E-state index contributed by atoms with van der Waals surface area (Å²) in [5.74, 6) is 0.0948. The third-order valence-electron chi connectivity index (χ3n) is 3.68. The van der Waals surface area contributed by atoms with Gasteiger partial charge in [-0.2, -0.15) is 0 Å². The minimum absolute atomic E-state index is 0.0980. The monoisotopic (exact) mass is 321 g/mol. The van der Waals surface area contributed by atoms with E-state index in [9.17, 15) is 9.59 Å². The van der Waals surface area contributed by atoms with Gasteiger partial charge in [-0.3, -0.25) is 9.59 Å². The number of nitrogens with one attached hydrogen (secondary N) is 1. The van der Waals surface area contributed by atoms with Crippen LogP contribution >= 0.6 is 11.6 Å². The van der Waals surface area contributed by atoms with Crippen molar-refractivity contribution in [3.8, 4) is 0 Å². The molecule has 2 aromatic heterocycles. The zero-order chi connectivity index (χ0) is 15.5. The Morgan fingerprint density at radius 3 is 2.45 bits per heavy atom. The lowest BCUT2D eigenvalue weighted by atomic mass is 10.3. The van der Waals surface area contributed by atoms with E-state index < -0.39 is 0 Å². The van der Waals surface area contributed by atoms with E-state index >= 15 is 0 Å². The van der Waals surface area contributed by atoms with Gasteiger partial charge in [-0.25, -0.2) is 0 Å². The van der Waals surface area contributed by atoms with E-state index in [0.29, 0.717) is 42.7 Å². The predicted octanol–water partition coefficient (Wildman–Crippen LogP) is 2.25. The number of amides is 2. The molecule has 0 bridgehead atoms. The van der Waals surface area contributed by atoms with Crippen LogP contribution in [0.1, 0.15) is 27.5 Å². The number of nitrogens with zero attached hydrogens (tertiary/aromatic N) is 2. The molecule has 1 aliphatic rings. The van der Waals surface area contributed by atoms with E-state index in [4.69, 9.17) is 16.0 Å². The summed E-state index contributed by atoms with van der Waals surface area (Å²) in [6.45, 7) is 2.19. The van der Waals surface area contributed by atoms with Crippen LogP contribution in [0.25, 0.3) is 0 Å². The lowest BCUT2D eigenvalue weighted by Gasteiger charge is -2.21. The molecule has 0 aromatic carbocycles. The average molecular weight is 322 g/mol. The molecule has 1 saturated heterocycles. The van der Waals surface area contributed by atoms with Gasteiger partial charge in [0.05, 0.1) is 11.3 Å². The first kappa shape index (κ1) is 14.7. The van der Waals surface area contributed by atoms with Crippen molar-refractivity contribution in [1.82, 2.24) is 14.8 Å². The number of furan rings is 1. The SMILES string of the molecule is O=C(c1cc(Cl)c[nH]1)N1CCCN(C(=O)c2ccco2)CC1. The first-order valence-corrected chi connectivity index (χ1v) is 7.49. The molecule has 7 heteroatoms. The molecule has 3 heterocycles. The summed E-state index contributed by atoms with van der Waals surface area (Å²) in [5, 5.41) is 0.507. The van der Waals surface area contributed by atoms with Gasteiger partial charge in [-0.15, -0.1) is 0 Å². The lowest BCUT2D eigenvalue weighted by molar-refractivity contribution is 0.0698. The maximum absolute atomic E-state index is 12.4. The van der Waals surface area contributed by atoms with Crippen molar-refractivity contribution < 1.29 is 14.0 Å². The van der Waals surface area contributed by atoms with Crippen molar-refractivity contribution in [2.24, 2.45) is 0 Å². The maximum Gasteiger partial charge on any atom is 0.289 e. The van der Waals surface area contributed by atoms with Gasteiger partial charge < -0.3 is 19.2 Å². The fraction of sp³-hybridized carbons (Fsp3) is 0.333. The smallest absolute Gasteiger partial charge is 0.289 e. The topological polar surface area (TPSA) is 69.6 Å². The summed E-state index contributed by atoms with van der Waals surface area (Å²) < 4.78 is 5.14. The second-order valence-corrected chi connectivity index (χ2v) is 5.58. The second kappa shape index (κ2) is 6.27. The molecule has 1 aliphatic heterocycles. The Morgan fingerprint density at radius 1 is 1.14 bits per heavy atom. The van der Waals surface area contributed by atoms with E-state index in [2.05, 4.69) is 4.98 Å². The summed E-state index contributed by atoms with van der Waals surface area (Å²) in [5.41, 5.74) is 0.468. The number of halogens is 1. The fourth-order valence-electron chi connectivity index (χ4n) is 2.54. The van der Waals surface area contributed by atoms with Crippen LogP contribution in [0.2, 0.25) is 5.02 Å². The van der Waals surface area contributed by atoms with Gasteiger partial charge in [0.15, 0.2) is 5.76 Å². The van der Waals surface area contributed by atoms with Crippen molar-refractivity contribution in [3.05, 3.63) is 47.1 Å². The molecule has 3 rings (SSSR count). The van der Waals surface area contributed by atoms with Crippen LogP contribution < -0.4 is 0 Å². The highest BCUT2D eigenvalue weighted by molar-refractivity contribution is 6.30. The van der Waals surface area contributed by atoms with Gasteiger partial charge >= 0.3 is 0 Å². The molecule has 6 nitrogen and oxygen atoms in total. The number of hydrogen-bond donors (Lipinski definition) is 1. The van der Waals surface area contributed by atoms with E-state index in [-0.39, 0.29) is 11.8 Å². The quantitative estimate of drug-likeness (QED) is 0.922. The number of carbonyl (C=O) groups is 2. The van der Waals surface area contributed by atoms with Gasteiger partial charge in [0, 0.05) is 32.4 Å². The van der Waals surface area contributed by atoms with Crippen molar-refractivity contribution in [1.29, 1.82) is 0 Å². The largest absolute Gasteiger partial charge is 0.459 e. The van der Waals surface area contributed by atoms with Crippen molar-refractivity contribution in [3.63, 3.8) is 0 Å². The number of aromatic amines is 1. The summed E-state index contributed by atoms with van der Waals surface area (Å²) in [4.78, 5) is 31.0. The predicted molar refractivity (Wildman–Crippen MR) is 80.9 cm³/mol. The molecule has 116 valence electrons. The van der Waals surface area contributed by atoms with E-state index in [1.807, 2.05) is 0 Å². The molecule has 1 fully saturated rings. The van der Waals surface area contributed by atoms with Gasteiger partial charge in [0.1, 0.15) is 5.69 Å². The molecule has 2 aromatic rings. The van der Waals surface area contributed by atoms with Crippen LogP contribution in [0.3, 0.4) is 0 Å². The third-order valence-corrected chi connectivity index (χ3v) is 3.90. The van der Waals surface area contributed by atoms with Crippen LogP contribution in [0.15, 0.2) is 35.1 Å². The van der Waals surface area contributed by atoms with Crippen LogP contribution in [-0.4, -0.2) is 52.8 Å². The minimum atomic E-state index is -0.137. The summed E-state index contributed by atoms with van der Waals surface area (Å²) in [7, 11) is 0. The first-order valence-electron chi connectivity index (χ1n) is 7.11. The summed E-state index contributed by atoms with van der Waals surface area (Å²) in [6, 6.07) is 4.95. The third kappa shape index (κ3) is 3.01. The van der Waals surface area contributed by atoms with Gasteiger partial charge in [0.2, 0.25) is 0 Å². The van der Waals surface area contributed by atoms with Gasteiger partial charge in [0.25, 0.3) is 11.8 Å². The molecule has 0 aliphatic carbocycles. The number of H-pyrrole nitrogens is 1. The highest BCUT2D eigenvalue weighted by Crippen LogP contribution is 2.14. The molecular weight excluding hydrogens is 306 g/mol. The van der Waals surface area contributed by atoms with E-state index in [0.717, 1.165) is 6.42 Å². The van der Waals surface area contributed by atoms with Crippen molar-refractivity contribution in [2.45, 2.75) is 6.42 Å². The first-order chi connectivity index (χ1) is 10.6. The fourth-order valence-corrected chi connectivity index (χ4v) is 2.71. The Kier molecular flexibility index (Phi) is 4.20. The van der Waals surface area contributed by atoms with Crippen LogP contribution in [0.4, 0.5) is 0 Å². The lowest BCUT2D eigenvalue weighted by Crippen LogP contribution is -2.37. The Bertz CT molecular complexity index is 665. The molecule has 0 unspecified atom stereocenters. The van der Waals surface area contributed by atoms with Crippen molar-refractivity contribution >= 4 is 23.4 Å². The van der Waals surface area contributed by atoms with Crippen LogP contribution in [-0.2, 0) is 0 Å². The Hall–Kier alpha value is -2.21. The minimum Gasteiger partial charge on any atom is -0.459 e. The van der Waals surface area contributed by atoms with Crippen LogP contribution in [0.5, 0.6) is 0 Å². The number of carbonyl (C=O) groups excluding carboxylic acids is 2.